The fraction of sp³-hybridized carbons (Fsp3) is 0.500. The molecule has 92 valence electrons. The van der Waals surface area contributed by atoms with Gasteiger partial charge in [0, 0.05) is 23.7 Å². The molecule has 2 saturated carbocycles. The molecule has 0 heterocycles. The van der Waals surface area contributed by atoms with Gasteiger partial charge in [0.05, 0.1) is 0 Å². The molecule has 0 amide bonds. The Hall–Kier alpha value is -1.44. The Bertz CT molecular complexity index is 499. The maximum absolute atomic E-state index is 12.6. The Morgan fingerprint density at radius 1 is 0.778 bits per heavy atom. The van der Waals surface area contributed by atoms with Gasteiger partial charge in [-0.05, 0) is 36.8 Å². The van der Waals surface area contributed by atoms with Crippen LogP contribution in [-0.2, 0) is 9.59 Å². The van der Waals surface area contributed by atoms with Crippen LogP contribution in [0.4, 0.5) is 0 Å². The Morgan fingerprint density at radius 2 is 1.28 bits per heavy atom. The topological polar surface area (TPSA) is 34.1 Å². The Morgan fingerprint density at radius 3 is 1.78 bits per heavy atom. The Labute approximate surface area is 106 Å². The van der Waals surface area contributed by atoms with Gasteiger partial charge in [0.2, 0.25) is 0 Å². The molecule has 0 N–H and O–H groups in total. The van der Waals surface area contributed by atoms with Crippen molar-refractivity contribution in [3.8, 4) is 0 Å². The molecule has 4 atom stereocenters. The van der Waals surface area contributed by atoms with Crippen LogP contribution >= 0.6 is 0 Å². The van der Waals surface area contributed by atoms with Gasteiger partial charge in [-0.2, -0.15) is 0 Å². The van der Waals surface area contributed by atoms with Crippen LogP contribution in [0, 0.1) is 11.8 Å². The van der Waals surface area contributed by atoms with Crippen LogP contribution < -0.4 is 0 Å². The summed E-state index contributed by atoms with van der Waals surface area (Å²) >= 11 is 0. The third-order valence-electron chi connectivity index (χ3n) is 5.14. The minimum absolute atomic E-state index is 0.000741. The van der Waals surface area contributed by atoms with Crippen LogP contribution in [-0.4, -0.2) is 11.6 Å². The molecule has 3 aliphatic rings. The number of hydrogen-bond donors (Lipinski definition) is 0. The number of ketones is 2. The minimum atomic E-state index is -0.000741. The predicted molar refractivity (Wildman–Crippen MR) is 67.4 cm³/mol. The van der Waals surface area contributed by atoms with Crippen LogP contribution in [0.5, 0.6) is 0 Å². The molecule has 0 unspecified atom stereocenters. The first-order valence-electron chi connectivity index (χ1n) is 6.92. The fourth-order valence-electron chi connectivity index (χ4n) is 4.24. The first-order valence-corrected chi connectivity index (χ1v) is 6.92. The summed E-state index contributed by atoms with van der Waals surface area (Å²) in [5.41, 5.74) is 2.27. The predicted octanol–water partition coefficient (Wildman–Crippen LogP) is 2.83. The molecule has 1 aromatic rings. The highest BCUT2D eigenvalue weighted by Gasteiger charge is 2.48. The lowest BCUT2D eigenvalue weighted by Gasteiger charge is -2.20. The van der Waals surface area contributed by atoms with Crippen LogP contribution in [0.1, 0.15) is 48.6 Å². The zero-order chi connectivity index (χ0) is 12.3. The van der Waals surface area contributed by atoms with Gasteiger partial charge >= 0.3 is 0 Å². The highest BCUT2D eigenvalue weighted by molar-refractivity contribution is 5.97. The number of Topliss-reactive ketones (excluding diaryl/α,β-unsaturated/α-hetero) is 2. The van der Waals surface area contributed by atoms with E-state index in [1.165, 1.54) is 0 Å². The highest BCUT2D eigenvalue weighted by atomic mass is 16.1. The third kappa shape index (κ3) is 1.23. The van der Waals surface area contributed by atoms with Crippen molar-refractivity contribution >= 4 is 11.6 Å². The lowest BCUT2D eigenvalue weighted by Crippen LogP contribution is -2.25. The summed E-state index contributed by atoms with van der Waals surface area (Å²) in [6.45, 7) is 0. The van der Waals surface area contributed by atoms with Gasteiger partial charge in [-0.15, -0.1) is 0 Å². The summed E-state index contributed by atoms with van der Waals surface area (Å²) in [6.07, 6.45) is 3.42. The number of carbonyl (C=O) groups excluding carboxylic acids is 2. The molecule has 1 aromatic carbocycles. The first-order chi connectivity index (χ1) is 8.75. The lowest BCUT2D eigenvalue weighted by molar-refractivity contribution is -0.127. The number of carbonyl (C=O) groups is 2. The summed E-state index contributed by atoms with van der Waals surface area (Å²) in [7, 11) is 0. The van der Waals surface area contributed by atoms with E-state index >= 15 is 0 Å². The molecule has 2 nitrogen and oxygen atoms in total. The molecular weight excluding hydrogens is 224 g/mol. The monoisotopic (exact) mass is 240 g/mol. The van der Waals surface area contributed by atoms with E-state index in [2.05, 4.69) is 0 Å². The summed E-state index contributed by atoms with van der Waals surface area (Å²) in [5, 5.41) is 0. The molecule has 18 heavy (non-hydrogen) atoms. The zero-order valence-electron chi connectivity index (χ0n) is 10.3. The van der Waals surface area contributed by atoms with Crippen molar-refractivity contribution in [1.29, 1.82) is 0 Å². The maximum atomic E-state index is 12.6. The molecule has 0 radical (unpaired) electrons. The third-order valence-corrected chi connectivity index (χ3v) is 5.14. The van der Waals surface area contributed by atoms with E-state index in [1.54, 1.807) is 0 Å². The van der Waals surface area contributed by atoms with Crippen LogP contribution in [0.3, 0.4) is 0 Å². The van der Waals surface area contributed by atoms with Gasteiger partial charge in [-0.3, -0.25) is 9.59 Å². The number of fused-ring (bicyclic) bond motifs is 7. The van der Waals surface area contributed by atoms with E-state index < -0.39 is 0 Å². The molecule has 0 aromatic heterocycles. The Kier molecular flexibility index (Phi) is 2.06. The number of benzene rings is 1. The van der Waals surface area contributed by atoms with Gasteiger partial charge in [0.25, 0.3) is 0 Å². The van der Waals surface area contributed by atoms with E-state index in [9.17, 15) is 9.59 Å². The second-order valence-electron chi connectivity index (χ2n) is 5.98. The lowest BCUT2D eigenvalue weighted by atomic mass is 9.81. The summed E-state index contributed by atoms with van der Waals surface area (Å²) in [4.78, 5) is 25.1. The van der Waals surface area contributed by atoms with Gasteiger partial charge < -0.3 is 0 Å². The molecular formula is C16H16O2. The average Bonchev–Trinajstić information content (AvgIpc) is 3.02. The molecule has 0 aliphatic heterocycles. The first kappa shape index (κ1) is 10.5. The van der Waals surface area contributed by atoms with E-state index in [0.717, 1.165) is 36.8 Å². The average molecular weight is 240 g/mol. The molecule has 2 heteroatoms. The second-order valence-corrected chi connectivity index (χ2v) is 5.98. The normalized spacial score (nSPS) is 37.3. The SMILES string of the molecule is O=C1[C@H]2CC[C@H](C2)C(=O)[C@@H]2C[C@H]1c1ccccc12. The van der Waals surface area contributed by atoms with E-state index in [4.69, 9.17) is 0 Å². The molecule has 4 bridgehead atoms. The van der Waals surface area contributed by atoms with E-state index in [0.29, 0.717) is 11.6 Å². The molecule has 2 fully saturated rings. The zero-order valence-corrected chi connectivity index (χ0v) is 10.3. The van der Waals surface area contributed by atoms with E-state index in [-0.39, 0.29) is 23.7 Å². The van der Waals surface area contributed by atoms with Crippen molar-refractivity contribution in [2.45, 2.75) is 37.5 Å². The standard InChI is InChI=1S/C16H16O2/c17-15-9-5-6-10(7-9)16(18)14-8-13(15)11-3-1-2-4-12(11)14/h1-4,9-10,13-14H,5-8H2/t9-,10+,13-,14+. The van der Waals surface area contributed by atoms with Gasteiger partial charge in [-0.1, -0.05) is 24.3 Å². The maximum Gasteiger partial charge on any atom is 0.143 e. The van der Waals surface area contributed by atoms with Gasteiger partial charge in [0.1, 0.15) is 11.6 Å². The summed E-state index contributed by atoms with van der Waals surface area (Å²) in [6, 6.07) is 8.07. The second kappa shape index (κ2) is 3.53. The molecule has 4 rings (SSSR count). The summed E-state index contributed by atoms with van der Waals surface area (Å²) in [5.74, 6) is 1.10. The van der Waals surface area contributed by atoms with Gasteiger partial charge in [-0.25, -0.2) is 0 Å². The fourth-order valence-corrected chi connectivity index (χ4v) is 4.24. The quantitative estimate of drug-likeness (QED) is 0.698. The smallest absolute Gasteiger partial charge is 0.143 e. The van der Waals surface area contributed by atoms with Crippen LogP contribution in [0.2, 0.25) is 0 Å². The van der Waals surface area contributed by atoms with Crippen molar-refractivity contribution in [3.63, 3.8) is 0 Å². The molecule has 3 aliphatic carbocycles. The largest absolute Gasteiger partial charge is 0.299 e. The number of hydrogen-bond acceptors (Lipinski definition) is 2. The molecule has 0 saturated heterocycles. The minimum Gasteiger partial charge on any atom is -0.299 e. The van der Waals surface area contributed by atoms with Crippen molar-refractivity contribution in [2.24, 2.45) is 11.8 Å². The van der Waals surface area contributed by atoms with E-state index in [1.807, 2.05) is 24.3 Å². The van der Waals surface area contributed by atoms with Gasteiger partial charge in [0.15, 0.2) is 0 Å². The van der Waals surface area contributed by atoms with Crippen molar-refractivity contribution in [2.75, 3.05) is 0 Å². The number of rotatable bonds is 0. The summed E-state index contributed by atoms with van der Waals surface area (Å²) < 4.78 is 0. The molecule has 0 spiro atoms. The van der Waals surface area contributed by atoms with Crippen LogP contribution in [0.15, 0.2) is 24.3 Å². The van der Waals surface area contributed by atoms with Crippen molar-refractivity contribution in [3.05, 3.63) is 35.4 Å². The van der Waals surface area contributed by atoms with Crippen molar-refractivity contribution < 1.29 is 9.59 Å². The highest BCUT2D eigenvalue weighted by Crippen LogP contribution is 2.50. The van der Waals surface area contributed by atoms with Crippen LogP contribution in [0.25, 0.3) is 0 Å². The van der Waals surface area contributed by atoms with Crippen molar-refractivity contribution in [1.82, 2.24) is 0 Å². The Balaban J connectivity index is 1.89.